The molecule has 0 aliphatic rings. The number of rotatable bonds is 3. The van der Waals surface area contributed by atoms with Crippen molar-refractivity contribution in [3.05, 3.63) is 88.0 Å². The summed E-state index contributed by atoms with van der Waals surface area (Å²) in [6, 6.07) is 12.1. The van der Waals surface area contributed by atoms with Crippen molar-refractivity contribution in [1.29, 1.82) is 0 Å². The second-order valence-corrected chi connectivity index (χ2v) is 6.16. The quantitative estimate of drug-likeness (QED) is 0.770. The highest BCUT2D eigenvalue weighted by molar-refractivity contribution is 5.52. The van der Waals surface area contributed by atoms with Crippen LogP contribution in [0.4, 0.5) is 0 Å². The number of H-pyrrole nitrogens is 1. The van der Waals surface area contributed by atoms with Crippen LogP contribution in [0.3, 0.4) is 0 Å². The predicted molar refractivity (Wildman–Crippen MR) is 92.5 cm³/mol. The third-order valence-electron chi connectivity index (χ3n) is 4.86. The molecular formula is C20H22N2O. The first kappa shape index (κ1) is 15.5. The van der Waals surface area contributed by atoms with Gasteiger partial charge in [0.1, 0.15) is 0 Å². The van der Waals surface area contributed by atoms with Crippen LogP contribution < -0.4 is 0 Å². The Morgan fingerprint density at radius 3 is 1.83 bits per heavy atom. The molecule has 0 aliphatic heterocycles. The number of aromatic amines is 1. The van der Waals surface area contributed by atoms with E-state index in [-0.39, 0.29) is 0 Å². The van der Waals surface area contributed by atoms with Gasteiger partial charge in [-0.2, -0.15) is 0 Å². The minimum Gasteiger partial charge on any atom is -0.374 e. The average Bonchev–Trinajstić information content (AvgIpc) is 3.07. The molecule has 3 rings (SSSR count). The Hall–Kier alpha value is -2.39. The minimum absolute atomic E-state index is 0.611. The smallest absolute Gasteiger partial charge is 0.159 e. The zero-order chi connectivity index (χ0) is 16.6. The van der Waals surface area contributed by atoms with Crippen LogP contribution in [0.1, 0.15) is 39.1 Å². The maximum absolute atomic E-state index is 11.8. The number of aliphatic hydroxyl groups is 1. The van der Waals surface area contributed by atoms with Gasteiger partial charge in [0.25, 0.3) is 0 Å². The summed E-state index contributed by atoms with van der Waals surface area (Å²) in [6.45, 7) is 8.22. The number of aryl methyl sites for hydroxylation is 2. The molecule has 0 fully saturated rings. The average molecular weight is 306 g/mol. The Bertz CT molecular complexity index is 783. The van der Waals surface area contributed by atoms with Gasteiger partial charge >= 0.3 is 0 Å². The zero-order valence-electron chi connectivity index (χ0n) is 14.0. The van der Waals surface area contributed by atoms with Gasteiger partial charge in [0.2, 0.25) is 0 Å². The van der Waals surface area contributed by atoms with Crippen molar-refractivity contribution in [1.82, 2.24) is 9.97 Å². The van der Waals surface area contributed by atoms with Gasteiger partial charge in [-0.3, -0.25) is 0 Å². The molecule has 0 atom stereocenters. The first-order valence-electron chi connectivity index (χ1n) is 7.81. The molecule has 0 saturated carbocycles. The fraction of sp³-hybridized carbons (Fsp3) is 0.250. The van der Waals surface area contributed by atoms with E-state index in [0.717, 1.165) is 33.4 Å². The van der Waals surface area contributed by atoms with Crippen molar-refractivity contribution in [3.8, 4) is 0 Å². The third-order valence-corrected chi connectivity index (χ3v) is 4.86. The third kappa shape index (κ3) is 2.37. The van der Waals surface area contributed by atoms with E-state index < -0.39 is 5.60 Å². The zero-order valence-corrected chi connectivity index (χ0v) is 14.0. The molecule has 0 spiro atoms. The maximum atomic E-state index is 11.8. The normalized spacial score (nSPS) is 11.7. The summed E-state index contributed by atoms with van der Waals surface area (Å²) in [4.78, 5) is 7.35. The summed E-state index contributed by atoms with van der Waals surface area (Å²) in [5.41, 5.74) is 5.56. The van der Waals surface area contributed by atoms with Crippen LogP contribution in [0.2, 0.25) is 0 Å². The van der Waals surface area contributed by atoms with Crippen molar-refractivity contribution >= 4 is 0 Å². The van der Waals surface area contributed by atoms with E-state index in [1.807, 2.05) is 38.1 Å². The first-order chi connectivity index (χ1) is 11.0. The molecule has 118 valence electrons. The molecule has 3 heteroatoms. The molecule has 3 aromatic rings. The SMILES string of the molecule is Cc1cccc(C(O)(c2c[nH]cn2)c2cccc(C)c2C)c1C. The molecular weight excluding hydrogens is 284 g/mol. The van der Waals surface area contributed by atoms with Crippen molar-refractivity contribution < 1.29 is 5.11 Å². The number of nitrogens with zero attached hydrogens (tertiary/aromatic N) is 1. The van der Waals surface area contributed by atoms with Crippen LogP contribution in [0.25, 0.3) is 0 Å². The summed E-state index contributed by atoms with van der Waals surface area (Å²) in [6.07, 6.45) is 3.38. The second kappa shape index (κ2) is 5.67. The van der Waals surface area contributed by atoms with Gasteiger partial charge in [-0.05, 0) is 61.1 Å². The van der Waals surface area contributed by atoms with Crippen LogP contribution in [0.15, 0.2) is 48.9 Å². The molecule has 0 saturated heterocycles. The lowest BCUT2D eigenvalue weighted by Crippen LogP contribution is -2.31. The van der Waals surface area contributed by atoms with Crippen LogP contribution in [-0.2, 0) is 5.60 Å². The van der Waals surface area contributed by atoms with Crippen LogP contribution >= 0.6 is 0 Å². The topological polar surface area (TPSA) is 48.9 Å². The molecule has 2 aromatic carbocycles. The van der Waals surface area contributed by atoms with Gasteiger partial charge in [0.05, 0.1) is 12.0 Å². The highest BCUT2D eigenvalue weighted by atomic mass is 16.3. The van der Waals surface area contributed by atoms with Gasteiger partial charge in [0, 0.05) is 6.20 Å². The molecule has 1 heterocycles. The van der Waals surface area contributed by atoms with E-state index in [9.17, 15) is 5.11 Å². The Labute approximate surface area is 137 Å². The van der Waals surface area contributed by atoms with Gasteiger partial charge in [0.15, 0.2) is 5.60 Å². The lowest BCUT2D eigenvalue weighted by Gasteiger charge is -2.31. The summed E-state index contributed by atoms with van der Waals surface area (Å²) in [5.74, 6) is 0. The number of benzene rings is 2. The van der Waals surface area contributed by atoms with Crippen LogP contribution in [0.5, 0.6) is 0 Å². The Kier molecular flexibility index (Phi) is 3.82. The summed E-state index contributed by atoms with van der Waals surface area (Å²) in [7, 11) is 0. The van der Waals surface area contributed by atoms with E-state index in [2.05, 4.69) is 35.9 Å². The highest BCUT2D eigenvalue weighted by Crippen LogP contribution is 2.39. The molecule has 0 bridgehead atoms. The van der Waals surface area contributed by atoms with Crippen molar-refractivity contribution in [2.45, 2.75) is 33.3 Å². The van der Waals surface area contributed by atoms with Gasteiger partial charge in [-0.1, -0.05) is 36.4 Å². The second-order valence-electron chi connectivity index (χ2n) is 6.16. The fourth-order valence-electron chi connectivity index (χ4n) is 3.17. The molecule has 1 aromatic heterocycles. The van der Waals surface area contributed by atoms with Crippen molar-refractivity contribution in [2.75, 3.05) is 0 Å². The minimum atomic E-state index is -1.27. The lowest BCUT2D eigenvalue weighted by atomic mass is 9.78. The molecule has 0 unspecified atom stereocenters. The number of imidazole rings is 1. The van der Waals surface area contributed by atoms with E-state index >= 15 is 0 Å². The van der Waals surface area contributed by atoms with E-state index in [4.69, 9.17) is 0 Å². The fourth-order valence-corrected chi connectivity index (χ4v) is 3.17. The Morgan fingerprint density at radius 1 is 0.870 bits per heavy atom. The predicted octanol–water partition coefficient (Wildman–Crippen LogP) is 3.93. The number of hydrogen-bond donors (Lipinski definition) is 2. The monoisotopic (exact) mass is 306 g/mol. The number of hydrogen-bond acceptors (Lipinski definition) is 2. The molecule has 23 heavy (non-hydrogen) atoms. The molecule has 3 nitrogen and oxygen atoms in total. The summed E-state index contributed by atoms with van der Waals surface area (Å²) < 4.78 is 0. The number of nitrogens with one attached hydrogen (secondary N) is 1. The van der Waals surface area contributed by atoms with Crippen LogP contribution in [-0.4, -0.2) is 15.1 Å². The Balaban J connectivity index is 2.37. The Morgan fingerprint density at radius 2 is 1.39 bits per heavy atom. The van der Waals surface area contributed by atoms with E-state index in [1.54, 1.807) is 12.5 Å². The van der Waals surface area contributed by atoms with E-state index in [1.165, 1.54) is 0 Å². The summed E-state index contributed by atoms with van der Waals surface area (Å²) >= 11 is 0. The first-order valence-corrected chi connectivity index (χ1v) is 7.81. The van der Waals surface area contributed by atoms with Crippen molar-refractivity contribution in [2.24, 2.45) is 0 Å². The van der Waals surface area contributed by atoms with Crippen molar-refractivity contribution in [3.63, 3.8) is 0 Å². The molecule has 0 aliphatic carbocycles. The van der Waals surface area contributed by atoms with Gasteiger partial charge < -0.3 is 10.1 Å². The molecule has 2 N–H and O–H groups in total. The molecule has 0 amide bonds. The maximum Gasteiger partial charge on any atom is 0.159 e. The lowest BCUT2D eigenvalue weighted by molar-refractivity contribution is 0.120. The van der Waals surface area contributed by atoms with Gasteiger partial charge in [-0.15, -0.1) is 0 Å². The summed E-state index contributed by atoms with van der Waals surface area (Å²) in [5, 5.41) is 11.8. The van der Waals surface area contributed by atoms with E-state index in [0.29, 0.717) is 5.69 Å². The molecule has 0 radical (unpaired) electrons. The van der Waals surface area contributed by atoms with Gasteiger partial charge in [-0.25, -0.2) is 4.98 Å². The number of aromatic nitrogens is 2. The van der Waals surface area contributed by atoms with Crippen LogP contribution in [0, 0.1) is 27.7 Å². The standard InChI is InChI=1S/C20H22N2O/c1-13-7-5-9-17(15(13)3)20(23,19-11-21-12-22-19)18-10-6-8-14(2)16(18)4/h5-12,23H,1-4H3,(H,21,22). The largest absolute Gasteiger partial charge is 0.374 e. The highest BCUT2D eigenvalue weighted by Gasteiger charge is 2.38.